The minimum Gasteiger partial charge on any atom is -0.493 e. The van der Waals surface area contributed by atoms with E-state index >= 15 is 0 Å². The summed E-state index contributed by atoms with van der Waals surface area (Å²) in [5, 5.41) is 2.74. The Balaban J connectivity index is 1.66. The van der Waals surface area contributed by atoms with Crippen molar-refractivity contribution in [3.8, 4) is 11.5 Å². The summed E-state index contributed by atoms with van der Waals surface area (Å²) < 4.78 is 15.5. The van der Waals surface area contributed by atoms with Gasteiger partial charge >= 0.3 is 5.97 Å². The van der Waals surface area contributed by atoms with Gasteiger partial charge in [-0.05, 0) is 30.0 Å². The van der Waals surface area contributed by atoms with Crippen molar-refractivity contribution in [2.24, 2.45) is 5.92 Å². The van der Waals surface area contributed by atoms with E-state index in [1.54, 1.807) is 26.4 Å². The molecular weight excluding hydrogens is 334 g/mol. The summed E-state index contributed by atoms with van der Waals surface area (Å²) in [7, 11) is 3.13. The van der Waals surface area contributed by atoms with Gasteiger partial charge in [-0.2, -0.15) is 0 Å². The van der Waals surface area contributed by atoms with Gasteiger partial charge in [-0.25, -0.2) is 0 Å². The van der Waals surface area contributed by atoms with Crippen LogP contribution in [0.1, 0.15) is 50.5 Å². The first-order valence-electron chi connectivity index (χ1n) is 9.25. The summed E-state index contributed by atoms with van der Waals surface area (Å²) in [6, 6.07) is 5.43. The molecular formula is C20H29NO5. The maximum atomic E-state index is 11.9. The highest BCUT2D eigenvalue weighted by molar-refractivity contribution is 5.80. The van der Waals surface area contributed by atoms with E-state index in [0.717, 1.165) is 12.0 Å². The summed E-state index contributed by atoms with van der Waals surface area (Å²) >= 11 is 0. The monoisotopic (exact) mass is 363 g/mol. The van der Waals surface area contributed by atoms with Crippen molar-refractivity contribution in [2.45, 2.75) is 51.5 Å². The van der Waals surface area contributed by atoms with Crippen molar-refractivity contribution >= 4 is 11.9 Å². The molecule has 0 aromatic heterocycles. The van der Waals surface area contributed by atoms with E-state index in [-0.39, 0.29) is 18.5 Å². The number of carbonyl (C=O) groups is 2. The summed E-state index contributed by atoms with van der Waals surface area (Å²) in [6.45, 7) is 0.0929. The van der Waals surface area contributed by atoms with Crippen molar-refractivity contribution in [1.29, 1.82) is 0 Å². The SMILES string of the molecule is COc1ccc(CNC(=O)COC(=O)CCC2CCCCC2)cc1OC. The highest BCUT2D eigenvalue weighted by Crippen LogP contribution is 2.28. The predicted molar refractivity (Wildman–Crippen MR) is 98.2 cm³/mol. The smallest absolute Gasteiger partial charge is 0.306 e. The number of amides is 1. The van der Waals surface area contributed by atoms with E-state index in [4.69, 9.17) is 14.2 Å². The molecule has 0 aliphatic heterocycles. The van der Waals surface area contributed by atoms with E-state index in [1.807, 2.05) is 6.07 Å². The average molecular weight is 363 g/mol. The first-order chi connectivity index (χ1) is 12.6. The van der Waals surface area contributed by atoms with E-state index in [0.29, 0.717) is 30.4 Å². The third-order valence-corrected chi connectivity index (χ3v) is 4.78. The fourth-order valence-electron chi connectivity index (χ4n) is 3.26. The molecule has 1 aromatic rings. The fraction of sp³-hybridized carbons (Fsp3) is 0.600. The Bertz CT molecular complexity index is 596. The maximum Gasteiger partial charge on any atom is 0.306 e. The van der Waals surface area contributed by atoms with Crippen LogP contribution in [0.2, 0.25) is 0 Å². The third kappa shape index (κ3) is 6.58. The molecule has 0 heterocycles. The van der Waals surface area contributed by atoms with Crippen molar-refractivity contribution in [2.75, 3.05) is 20.8 Å². The summed E-state index contributed by atoms with van der Waals surface area (Å²) in [5.41, 5.74) is 0.875. The molecule has 6 nitrogen and oxygen atoms in total. The molecule has 1 saturated carbocycles. The predicted octanol–water partition coefficient (Wildman–Crippen LogP) is 3.22. The number of ether oxygens (including phenoxy) is 3. The lowest BCUT2D eigenvalue weighted by Crippen LogP contribution is -2.28. The molecule has 0 bridgehead atoms. The molecule has 1 fully saturated rings. The maximum absolute atomic E-state index is 11.9. The van der Waals surface area contributed by atoms with Gasteiger partial charge in [-0.1, -0.05) is 38.2 Å². The fourth-order valence-corrected chi connectivity index (χ4v) is 3.26. The molecule has 0 unspecified atom stereocenters. The molecule has 26 heavy (non-hydrogen) atoms. The van der Waals surface area contributed by atoms with Crippen LogP contribution in [-0.4, -0.2) is 32.7 Å². The van der Waals surface area contributed by atoms with E-state index in [1.165, 1.54) is 32.1 Å². The number of carbonyl (C=O) groups excluding carboxylic acids is 2. The van der Waals surface area contributed by atoms with Crippen molar-refractivity contribution in [3.05, 3.63) is 23.8 Å². The Hall–Kier alpha value is -2.24. The molecule has 1 N–H and O–H groups in total. The number of hydrogen-bond donors (Lipinski definition) is 1. The Kier molecular flexibility index (Phi) is 8.25. The van der Waals surface area contributed by atoms with E-state index in [9.17, 15) is 9.59 Å². The van der Waals surface area contributed by atoms with Crippen LogP contribution in [0.5, 0.6) is 11.5 Å². The zero-order valence-electron chi connectivity index (χ0n) is 15.7. The van der Waals surface area contributed by atoms with E-state index < -0.39 is 0 Å². The zero-order valence-corrected chi connectivity index (χ0v) is 15.7. The molecule has 6 heteroatoms. The first kappa shape index (κ1) is 20.1. The van der Waals surface area contributed by atoms with Gasteiger partial charge in [-0.15, -0.1) is 0 Å². The standard InChI is InChI=1S/C20H29NO5/c1-24-17-10-8-16(12-18(17)25-2)13-21-19(22)14-26-20(23)11-9-15-6-4-3-5-7-15/h8,10,12,15H,3-7,9,11,13-14H2,1-2H3,(H,21,22). The summed E-state index contributed by atoms with van der Waals surface area (Å²) in [4.78, 5) is 23.6. The van der Waals surface area contributed by atoms with Crippen LogP contribution in [0.25, 0.3) is 0 Å². The van der Waals surface area contributed by atoms with Crippen LogP contribution in [0.4, 0.5) is 0 Å². The van der Waals surface area contributed by atoms with Gasteiger partial charge in [0.1, 0.15) is 0 Å². The van der Waals surface area contributed by atoms with E-state index in [2.05, 4.69) is 5.32 Å². The summed E-state index contributed by atoms with van der Waals surface area (Å²) in [5.74, 6) is 1.26. The van der Waals surface area contributed by atoms with Crippen LogP contribution < -0.4 is 14.8 Å². The Morgan fingerprint density at radius 2 is 1.81 bits per heavy atom. The van der Waals surface area contributed by atoms with Crippen LogP contribution >= 0.6 is 0 Å². The molecule has 2 rings (SSSR count). The molecule has 0 atom stereocenters. The van der Waals surface area contributed by atoms with Crippen LogP contribution in [0, 0.1) is 5.92 Å². The van der Waals surface area contributed by atoms with Crippen molar-refractivity contribution < 1.29 is 23.8 Å². The molecule has 0 spiro atoms. The van der Waals surface area contributed by atoms with Crippen molar-refractivity contribution in [3.63, 3.8) is 0 Å². The molecule has 1 aliphatic carbocycles. The first-order valence-corrected chi connectivity index (χ1v) is 9.25. The van der Waals surface area contributed by atoms with Crippen LogP contribution in [0.15, 0.2) is 18.2 Å². The highest BCUT2D eigenvalue weighted by atomic mass is 16.5. The van der Waals surface area contributed by atoms with Gasteiger partial charge in [0.2, 0.25) is 0 Å². The lowest BCUT2D eigenvalue weighted by molar-refractivity contribution is -0.148. The normalized spacial score (nSPS) is 14.5. The minimum absolute atomic E-state index is 0.239. The molecule has 1 aliphatic rings. The molecule has 144 valence electrons. The van der Waals surface area contributed by atoms with Gasteiger partial charge in [-0.3, -0.25) is 9.59 Å². The number of nitrogens with one attached hydrogen (secondary N) is 1. The second-order valence-electron chi connectivity index (χ2n) is 6.67. The van der Waals surface area contributed by atoms with Crippen LogP contribution in [0.3, 0.4) is 0 Å². The number of esters is 1. The lowest BCUT2D eigenvalue weighted by Gasteiger charge is -2.20. The largest absolute Gasteiger partial charge is 0.493 e. The number of hydrogen-bond acceptors (Lipinski definition) is 5. The van der Waals surface area contributed by atoms with Crippen molar-refractivity contribution in [1.82, 2.24) is 5.32 Å². The Morgan fingerprint density at radius 1 is 1.08 bits per heavy atom. The van der Waals surface area contributed by atoms with Gasteiger partial charge in [0.05, 0.1) is 14.2 Å². The van der Waals surface area contributed by atoms with Gasteiger partial charge in [0.25, 0.3) is 5.91 Å². The minimum atomic E-state index is -0.314. The lowest BCUT2D eigenvalue weighted by atomic mass is 9.86. The highest BCUT2D eigenvalue weighted by Gasteiger charge is 2.16. The second-order valence-corrected chi connectivity index (χ2v) is 6.67. The molecule has 1 aromatic carbocycles. The molecule has 0 radical (unpaired) electrons. The Morgan fingerprint density at radius 3 is 2.50 bits per heavy atom. The Labute approximate surface area is 155 Å². The molecule has 0 saturated heterocycles. The zero-order chi connectivity index (χ0) is 18.8. The topological polar surface area (TPSA) is 73.9 Å². The van der Waals surface area contributed by atoms with Gasteiger partial charge < -0.3 is 19.5 Å². The average Bonchev–Trinajstić information content (AvgIpc) is 2.69. The molecule has 1 amide bonds. The number of rotatable bonds is 9. The van der Waals surface area contributed by atoms with Crippen LogP contribution in [-0.2, 0) is 20.9 Å². The third-order valence-electron chi connectivity index (χ3n) is 4.78. The van der Waals surface area contributed by atoms with Gasteiger partial charge in [0, 0.05) is 13.0 Å². The number of methoxy groups -OCH3 is 2. The summed E-state index contributed by atoms with van der Waals surface area (Å²) in [6.07, 6.45) is 7.51. The second kappa shape index (κ2) is 10.7. The van der Waals surface area contributed by atoms with Gasteiger partial charge in [0.15, 0.2) is 18.1 Å². The number of benzene rings is 1. The quantitative estimate of drug-likeness (QED) is 0.682.